The van der Waals surface area contributed by atoms with Crippen LogP contribution in [0.3, 0.4) is 0 Å². The molecule has 3 N–H and O–H groups in total. The average Bonchev–Trinajstić information content (AvgIpc) is 3.40. The van der Waals surface area contributed by atoms with Gasteiger partial charge < -0.3 is 25.2 Å². The molecule has 3 aromatic rings. The molecule has 34 heavy (non-hydrogen) atoms. The van der Waals surface area contributed by atoms with Crippen LogP contribution in [0.2, 0.25) is 0 Å². The van der Waals surface area contributed by atoms with Gasteiger partial charge in [0.05, 0.1) is 11.4 Å². The highest BCUT2D eigenvalue weighted by Gasteiger charge is 2.31. The van der Waals surface area contributed by atoms with Crippen molar-refractivity contribution >= 4 is 17.6 Å². The normalized spacial score (nSPS) is 15.1. The second-order valence-electron chi connectivity index (χ2n) is 8.65. The van der Waals surface area contributed by atoms with Crippen molar-refractivity contribution in [2.24, 2.45) is 0 Å². The Hall–Kier alpha value is -4.01. The molecule has 9 heteroatoms. The Morgan fingerprint density at radius 2 is 1.94 bits per heavy atom. The third-order valence-electron chi connectivity index (χ3n) is 6.07. The van der Waals surface area contributed by atoms with Gasteiger partial charge in [-0.15, -0.1) is 0 Å². The Labute approximate surface area is 196 Å². The number of carbonyl (C=O) groups is 2. The number of fused-ring (bicyclic) bond motifs is 1. The van der Waals surface area contributed by atoms with E-state index in [2.05, 4.69) is 15.7 Å². The van der Waals surface area contributed by atoms with E-state index in [-0.39, 0.29) is 36.4 Å². The Kier molecular flexibility index (Phi) is 5.61. The molecule has 0 saturated heterocycles. The number of anilines is 1. The molecule has 1 atom stereocenters. The van der Waals surface area contributed by atoms with E-state index >= 15 is 0 Å². The zero-order valence-corrected chi connectivity index (χ0v) is 19.0. The molecule has 9 nitrogen and oxygen atoms in total. The Morgan fingerprint density at radius 3 is 2.71 bits per heavy atom. The predicted molar refractivity (Wildman–Crippen MR) is 126 cm³/mol. The molecule has 1 fully saturated rings. The van der Waals surface area contributed by atoms with Crippen LogP contribution >= 0.6 is 0 Å². The maximum absolute atomic E-state index is 12.8. The number of benzene rings is 2. The minimum atomic E-state index is -0.327. The molecule has 1 aliphatic carbocycles. The Bertz CT molecular complexity index is 1260. The number of aromatic nitrogens is 2. The first-order chi connectivity index (χ1) is 16.4. The molecule has 1 unspecified atom stereocenters. The minimum absolute atomic E-state index is 0.00964. The van der Waals surface area contributed by atoms with Gasteiger partial charge in [0.1, 0.15) is 5.75 Å². The number of carbonyl (C=O) groups excluding carboxylic acids is 2. The van der Waals surface area contributed by atoms with Crippen LogP contribution in [0.1, 0.15) is 55.1 Å². The number of amides is 2. The summed E-state index contributed by atoms with van der Waals surface area (Å²) in [4.78, 5) is 25.6. The monoisotopic (exact) mass is 462 g/mol. The summed E-state index contributed by atoms with van der Waals surface area (Å²) in [5.41, 5.74) is 2.63. The summed E-state index contributed by atoms with van der Waals surface area (Å²) in [7, 11) is 0. The average molecular weight is 463 g/mol. The standard InChI is InChI=1S/C25H26N4O5/c1-3-14(2)26-25(32)29-20(15-4-5-15)12-19(28-29)18-11-17(7-8-21(18)30)27-24(31)16-6-9-22-23(10-16)34-13-33-22/h6-12,14-15,30H,3-5,13H2,1-2H3,(H,26,32)(H,27,31). The van der Waals surface area contributed by atoms with Crippen molar-refractivity contribution in [1.82, 2.24) is 15.1 Å². The smallest absolute Gasteiger partial charge is 0.342 e. The molecule has 1 aromatic heterocycles. The van der Waals surface area contributed by atoms with Crippen LogP contribution in [0, 0.1) is 0 Å². The summed E-state index contributed by atoms with van der Waals surface area (Å²) in [5, 5.41) is 20.8. The summed E-state index contributed by atoms with van der Waals surface area (Å²) >= 11 is 0. The summed E-state index contributed by atoms with van der Waals surface area (Å²) in [6, 6.07) is 11.3. The van der Waals surface area contributed by atoms with E-state index in [4.69, 9.17) is 9.47 Å². The molecule has 2 heterocycles. The molecule has 2 aromatic carbocycles. The van der Waals surface area contributed by atoms with Crippen molar-refractivity contribution in [3.63, 3.8) is 0 Å². The number of hydrogen-bond donors (Lipinski definition) is 3. The fourth-order valence-corrected chi connectivity index (χ4v) is 3.79. The van der Waals surface area contributed by atoms with Crippen LogP contribution in [-0.2, 0) is 0 Å². The van der Waals surface area contributed by atoms with Crippen LogP contribution in [0.25, 0.3) is 11.3 Å². The van der Waals surface area contributed by atoms with Gasteiger partial charge in [0, 0.05) is 28.8 Å². The van der Waals surface area contributed by atoms with Gasteiger partial charge in [-0.1, -0.05) is 6.92 Å². The summed E-state index contributed by atoms with van der Waals surface area (Å²) < 4.78 is 12.0. The molecule has 1 saturated carbocycles. The second-order valence-corrected chi connectivity index (χ2v) is 8.65. The molecule has 2 amide bonds. The van der Waals surface area contributed by atoms with Gasteiger partial charge in [-0.3, -0.25) is 4.79 Å². The highest BCUT2D eigenvalue weighted by Crippen LogP contribution is 2.42. The first-order valence-electron chi connectivity index (χ1n) is 11.4. The summed E-state index contributed by atoms with van der Waals surface area (Å²) in [6.07, 6.45) is 2.81. The zero-order chi connectivity index (χ0) is 23.8. The van der Waals surface area contributed by atoms with Gasteiger partial charge in [-0.25, -0.2) is 4.79 Å². The van der Waals surface area contributed by atoms with Gasteiger partial charge in [-0.2, -0.15) is 9.78 Å². The number of hydrogen-bond acceptors (Lipinski definition) is 6. The summed E-state index contributed by atoms with van der Waals surface area (Å²) in [6.45, 7) is 4.08. The first kappa shape index (κ1) is 21.8. The van der Waals surface area contributed by atoms with Crippen molar-refractivity contribution in [2.75, 3.05) is 12.1 Å². The SMILES string of the molecule is CCC(C)NC(=O)n1nc(-c2cc(NC(=O)c3ccc4c(c3)OCO4)ccc2O)cc1C1CC1. The second kappa shape index (κ2) is 8.74. The van der Waals surface area contributed by atoms with Crippen molar-refractivity contribution in [3.8, 4) is 28.5 Å². The maximum atomic E-state index is 12.8. The van der Waals surface area contributed by atoms with Crippen LogP contribution in [-0.4, -0.2) is 39.7 Å². The van der Waals surface area contributed by atoms with Gasteiger partial charge in [0.2, 0.25) is 6.79 Å². The molecule has 5 rings (SSSR count). The fraction of sp³-hybridized carbons (Fsp3) is 0.320. The molecule has 0 bridgehead atoms. The third-order valence-corrected chi connectivity index (χ3v) is 6.07. The van der Waals surface area contributed by atoms with Crippen molar-refractivity contribution in [2.45, 2.75) is 45.1 Å². The molecule has 1 aliphatic heterocycles. The van der Waals surface area contributed by atoms with Gasteiger partial charge in [0.15, 0.2) is 11.5 Å². The van der Waals surface area contributed by atoms with Crippen molar-refractivity contribution in [1.29, 1.82) is 0 Å². The van der Waals surface area contributed by atoms with E-state index in [0.29, 0.717) is 34.0 Å². The largest absolute Gasteiger partial charge is 0.507 e. The highest BCUT2D eigenvalue weighted by atomic mass is 16.7. The van der Waals surface area contributed by atoms with Gasteiger partial charge >= 0.3 is 6.03 Å². The van der Waals surface area contributed by atoms with E-state index in [1.54, 1.807) is 30.3 Å². The first-order valence-corrected chi connectivity index (χ1v) is 11.4. The van der Waals surface area contributed by atoms with Gasteiger partial charge in [0.25, 0.3) is 5.91 Å². The van der Waals surface area contributed by atoms with E-state index in [1.165, 1.54) is 10.7 Å². The van der Waals surface area contributed by atoms with E-state index in [9.17, 15) is 14.7 Å². The number of ether oxygens (including phenoxy) is 2. The lowest BCUT2D eigenvalue weighted by Crippen LogP contribution is -2.36. The number of rotatable bonds is 6. The molecular formula is C25H26N4O5. The van der Waals surface area contributed by atoms with E-state index in [0.717, 1.165) is 25.0 Å². The number of phenols is 1. The predicted octanol–water partition coefficient (Wildman–Crippen LogP) is 4.47. The Morgan fingerprint density at radius 1 is 1.15 bits per heavy atom. The molecule has 0 radical (unpaired) electrons. The van der Waals surface area contributed by atoms with Crippen LogP contribution < -0.4 is 20.1 Å². The van der Waals surface area contributed by atoms with Crippen LogP contribution in [0.15, 0.2) is 42.5 Å². The zero-order valence-electron chi connectivity index (χ0n) is 19.0. The lowest BCUT2D eigenvalue weighted by Gasteiger charge is -2.12. The highest BCUT2D eigenvalue weighted by molar-refractivity contribution is 6.05. The number of phenolic OH excluding ortho intramolecular Hbond substituents is 1. The van der Waals surface area contributed by atoms with Crippen molar-refractivity contribution in [3.05, 3.63) is 53.7 Å². The van der Waals surface area contributed by atoms with Gasteiger partial charge in [-0.05, 0) is 68.7 Å². The molecular weight excluding hydrogens is 436 g/mol. The fourth-order valence-electron chi connectivity index (χ4n) is 3.79. The van der Waals surface area contributed by atoms with Crippen molar-refractivity contribution < 1.29 is 24.2 Å². The van der Waals surface area contributed by atoms with E-state index < -0.39 is 0 Å². The van der Waals surface area contributed by atoms with E-state index in [1.807, 2.05) is 19.9 Å². The number of aromatic hydroxyl groups is 1. The lowest BCUT2D eigenvalue weighted by molar-refractivity contribution is 0.102. The summed E-state index contributed by atoms with van der Waals surface area (Å²) in [5.74, 6) is 1.08. The molecule has 2 aliphatic rings. The number of nitrogens with one attached hydrogen (secondary N) is 2. The lowest BCUT2D eigenvalue weighted by atomic mass is 10.1. The molecule has 0 spiro atoms. The van der Waals surface area contributed by atoms with Crippen LogP contribution in [0.5, 0.6) is 17.2 Å². The quantitative estimate of drug-likeness (QED) is 0.466. The third kappa shape index (κ3) is 4.28. The Balaban J connectivity index is 1.41. The minimum Gasteiger partial charge on any atom is -0.507 e. The molecule has 176 valence electrons. The maximum Gasteiger partial charge on any atom is 0.342 e. The topological polar surface area (TPSA) is 115 Å². The van der Waals surface area contributed by atoms with Crippen LogP contribution in [0.4, 0.5) is 10.5 Å². The number of nitrogens with zero attached hydrogens (tertiary/aromatic N) is 2.